The minimum atomic E-state index is -4.01. The number of carbonyl (C=O) groups is 1. The highest BCUT2D eigenvalue weighted by Gasteiger charge is 2.21. The smallest absolute Gasteiger partial charge is 0.338 e. The lowest BCUT2D eigenvalue weighted by atomic mass is 9.83. The molecule has 0 radical (unpaired) electrons. The quantitative estimate of drug-likeness (QED) is 0.596. The van der Waals surface area contributed by atoms with Gasteiger partial charge in [0.05, 0.1) is 17.2 Å². The van der Waals surface area contributed by atoms with Crippen LogP contribution >= 0.6 is 22.3 Å². The van der Waals surface area contributed by atoms with E-state index in [9.17, 15) is 13.2 Å². The Morgan fingerprint density at radius 3 is 2.57 bits per heavy atom. The summed E-state index contributed by atoms with van der Waals surface area (Å²) in [6.07, 6.45) is 4.46. The van der Waals surface area contributed by atoms with Crippen molar-refractivity contribution in [1.82, 2.24) is 0 Å². The summed E-state index contributed by atoms with van der Waals surface area (Å²) in [5.74, 6) is 0.0826. The molecule has 0 amide bonds. The number of carbonyl (C=O) groups excluding carboxylic acids is 1. The van der Waals surface area contributed by atoms with Crippen LogP contribution in [-0.2, 0) is 13.8 Å². The van der Waals surface area contributed by atoms with Crippen LogP contribution < -0.4 is 0 Å². The van der Waals surface area contributed by atoms with Gasteiger partial charge in [-0.25, -0.2) is 13.2 Å². The molecule has 0 spiro atoms. The van der Waals surface area contributed by atoms with Crippen LogP contribution in [0, 0.1) is 12.8 Å². The van der Waals surface area contributed by atoms with E-state index in [1.54, 1.807) is 6.92 Å². The summed E-state index contributed by atoms with van der Waals surface area (Å²) in [4.78, 5) is 11.7. The van der Waals surface area contributed by atoms with Gasteiger partial charge < -0.3 is 4.74 Å². The van der Waals surface area contributed by atoms with Crippen molar-refractivity contribution in [3.63, 3.8) is 0 Å². The van der Waals surface area contributed by atoms with E-state index in [1.165, 1.54) is 25.3 Å². The molecule has 1 aromatic rings. The Morgan fingerprint density at radius 2 is 2.05 bits per heavy atom. The molecule has 0 aliphatic heterocycles. The molecule has 0 heterocycles. The second kappa shape index (κ2) is 6.55. The van der Waals surface area contributed by atoms with E-state index in [-0.39, 0.29) is 15.5 Å². The van der Waals surface area contributed by atoms with Crippen molar-refractivity contribution in [2.45, 2.75) is 37.5 Å². The molecule has 0 saturated heterocycles. The minimum absolute atomic E-state index is 0.0241. The molecule has 4 nitrogen and oxygen atoms in total. The fourth-order valence-electron chi connectivity index (χ4n) is 2.22. The van der Waals surface area contributed by atoms with E-state index in [0.717, 1.165) is 12.5 Å². The molecule has 1 aromatic carbocycles. The number of benzene rings is 1. The molecule has 7 heteroatoms. The van der Waals surface area contributed by atoms with Crippen LogP contribution in [0.3, 0.4) is 0 Å². The largest absolute Gasteiger partial charge is 0.462 e. The number of halogens is 2. The van der Waals surface area contributed by atoms with Crippen LogP contribution in [0.4, 0.5) is 0 Å². The zero-order valence-electron chi connectivity index (χ0n) is 11.6. The van der Waals surface area contributed by atoms with Crippen molar-refractivity contribution in [2.75, 3.05) is 6.61 Å². The summed E-state index contributed by atoms with van der Waals surface area (Å²) in [6.45, 7) is 1.95. The van der Waals surface area contributed by atoms with Gasteiger partial charge in [-0.2, -0.15) is 0 Å². The molecule has 0 bridgehead atoms. The number of hydrogen-bond donors (Lipinski definition) is 0. The summed E-state index contributed by atoms with van der Waals surface area (Å²) >= 11 is 5.91. The number of aryl methyl sites for hydroxylation is 1. The Labute approximate surface area is 133 Å². The van der Waals surface area contributed by atoms with Crippen LogP contribution in [0.2, 0.25) is 5.02 Å². The van der Waals surface area contributed by atoms with Crippen molar-refractivity contribution in [3.8, 4) is 0 Å². The van der Waals surface area contributed by atoms with Crippen molar-refractivity contribution in [3.05, 3.63) is 28.3 Å². The fraction of sp³-hybridized carbons (Fsp3) is 0.500. The minimum Gasteiger partial charge on any atom is -0.462 e. The summed E-state index contributed by atoms with van der Waals surface area (Å²) in [7, 11) is 1.31. The Morgan fingerprint density at radius 1 is 1.38 bits per heavy atom. The van der Waals surface area contributed by atoms with Crippen LogP contribution in [0.5, 0.6) is 0 Å². The van der Waals surface area contributed by atoms with Crippen LogP contribution in [0.25, 0.3) is 0 Å². The van der Waals surface area contributed by atoms with Crippen molar-refractivity contribution in [2.24, 2.45) is 5.92 Å². The Balaban J connectivity index is 2.11. The zero-order chi connectivity index (χ0) is 15.6. The normalized spacial score (nSPS) is 15.6. The van der Waals surface area contributed by atoms with Gasteiger partial charge in [0.15, 0.2) is 0 Å². The first-order valence-corrected chi connectivity index (χ1v) is 9.39. The third-order valence-electron chi connectivity index (χ3n) is 3.70. The Bertz CT molecular complexity index is 651. The molecular formula is C14H16Cl2O4S. The summed E-state index contributed by atoms with van der Waals surface area (Å²) < 4.78 is 28.1. The monoisotopic (exact) mass is 350 g/mol. The molecule has 0 N–H and O–H groups in total. The lowest BCUT2D eigenvalue weighted by Crippen LogP contribution is -2.15. The third kappa shape index (κ3) is 4.11. The highest BCUT2D eigenvalue weighted by atomic mass is 35.7. The SMILES string of the molecule is Cc1cc(C(=O)OCCC2CCC2)cc(S(=O)(=O)Cl)c1Cl. The zero-order valence-corrected chi connectivity index (χ0v) is 13.9. The van der Waals surface area contributed by atoms with E-state index in [0.29, 0.717) is 18.1 Å². The van der Waals surface area contributed by atoms with Crippen molar-refractivity contribution < 1.29 is 17.9 Å². The van der Waals surface area contributed by atoms with Gasteiger partial charge in [-0.15, -0.1) is 0 Å². The highest BCUT2D eigenvalue weighted by molar-refractivity contribution is 8.13. The number of esters is 1. The molecule has 0 aromatic heterocycles. The molecule has 116 valence electrons. The maximum atomic E-state index is 12.0. The molecular weight excluding hydrogens is 335 g/mol. The highest BCUT2D eigenvalue weighted by Crippen LogP contribution is 2.30. The van der Waals surface area contributed by atoms with Gasteiger partial charge in [-0.3, -0.25) is 0 Å². The average Bonchev–Trinajstić information content (AvgIpc) is 2.33. The van der Waals surface area contributed by atoms with Crippen molar-refractivity contribution >= 4 is 37.3 Å². The topological polar surface area (TPSA) is 60.4 Å². The molecule has 0 atom stereocenters. The van der Waals surface area contributed by atoms with Crippen LogP contribution in [0.1, 0.15) is 41.6 Å². The number of hydrogen-bond acceptors (Lipinski definition) is 4. The number of rotatable bonds is 5. The van der Waals surface area contributed by atoms with E-state index >= 15 is 0 Å². The van der Waals surface area contributed by atoms with Gasteiger partial charge in [0.2, 0.25) is 0 Å². The molecule has 21 heavy (non-hydrogen) atoms. The molecule has 1 fully saturated rings. The predicted molar refractivity (Wildman–Crippen MR) is 81.5 cm³/mol. The maximum Gasteiger partial charge on any atom is 0.338 e. The van der Waals surface area contributed by atoms with Gasteiger partial charge in [-0.1, -0.05) is 30.9 Å². The van der Waals surface area contributed by atoms with E-state index in [4.69, 9.17) is 27.0 Å². The first-order valence-electron chi connectivity index (χ1n) is 6.71. The summed E-state index contributed by atoms with van der Waals surface area (Å²) in [5.41, 5.74) is 0.606. The second-order valence-electron chi connectivity index (χ2n) is 5.26. The summed E-state index contributed by atoms with van der Waals surface area (Å²) in [6, 6.07) is 2.66. The lowest BCUT2D eigenvalue weighted by molar-refractivity contribution is 0.0464. The van der Waals surface area contributed by atoms with Crippen LogP contribution in [0.15, 0.2) is 17.0 Å². The first kappa shape index (κ1) is 16.6. The Kier molecular flexibility index (Phi) is 5.17. The van der Waals surface area contributed by atoms with Gasteiger partial charge in [0.25, 0.3) is 9.05 Å². The summed E-state index contributed by atoms with van der Waals surface area (Å²) in [5, 5.41) is 0.0241. The van der Waals surface area contributed by atoms with E-state index in [2.05, 4.69) is 0 Å². The molecule has 1 aliphatic rings. The average molecular weight is 351 g/mol. The fourth-order valence-corrected chi connectivity index (χ4v) is 3.76. The Hall–Kier alpha value is -0.780. The van der Waals surface area contributed by atoms with Gasteiger partial charge in [0, 0.05) is 10.7 Å². The standard InChI is InChI=1S/C14H16Cl2O4S/c1-9-7-11(8-12(13(9)15)21(16,18)19)14(17)20-6-5-10-3-2-4-10/h7-8,10H,2-6H2,1H3. The van der Waals surface area contributed by atoms with Gasteiger partial charge in [0.1, 0.15) is 4.90 Å². The first-order chi connectivity index (χ1) is 9.79. The van der Waals surface area contributed by atoms with E-state index in [1.807, 2.05) is 0 Å². The van der Waals surface area contributed by atoms with Gasteiger partial charge >= 0.3 is 5.97 Å². The molecule has 1 saturated carbocycles. The van der Waals surface area contributed by atoms with Crippen LogP contribution in [-0.4, -0.2) is 21.0 Å². The van der Waals surface area contributed by atoms with Crippen molar-refractivity contribution in [1.29, 1.82) is 0 Å². The van der Waals surface area contributed by atoms with E-state index < -0.39 is 15.0 Å². The predicted octanol–water partition coefficient (Wildman–Crippen LogP) is 3.92. The molecule has 0 unspecified atom stereocenters. The second-order valence-corrected chi connectivity index (χ2v) is 8.18. The lowest BCUT2D eigenvalue weighted by Gasteiger charge is -2.24. The molecule has 2 rings (SSSR count). The molecule has 1 aliphatic carbocycles. The van der Waals surface area contributed by atoms with Gasteiger partial charge in [-0.05, 0) is 37.0 Å². The maximum absolute atomic E-state index is 12.0. The number of ether oxygens (including phenoxy) is 1. The third-order valence-corrected chi connectivity index (χ3v) is 5.66.